The largest absolute Gasteiger partial charge is 0.478 e. The van der Waals surface area contributed by atoms with Crippen LogP contribution < -0.4 is 5.73 Å². The van der Waals surface area contributed by atoms with Gasteiger partial charge in [-0.3, -0.25) is 4.79 Å². The van der Waals surface area contributed by atoms with E-state index in [4.69, 9.17) is 5.73 Å². The second-order valence-corrected chi connectivity index (χ2v) is 5.65. The Bertz CT molecular complexity index is 926. The van der Waals surface area contributed by atoms with Crippen molar-refractivity contribution in [3.05, 3.63) is 82.9 Å². The summed E-state index contributed by atoms with van der Waals surface area (Å²) in [7, 11) is 0. The van der Waals surface area contributed by atoms with Crippen LogP contribution >= 0.6 is 0 Å². The zero-order chi connectivity index (χ0) is 17.1. The third-order valence-corrected chi connectivity index (χ3v) is 4.17. The number of aryl methyl sites for hydroxylation is 2. The van der Waals surface area contributed by atoms with Crippen LogP contribution in [-0.4, -0.2) is 17.0 Å². The molecule has 3 aromatic carbocycles. The summed E-state index contributed by atoms with van der Waals surface area (Å²) < 4.78 is 0. The Morgan fingerprint density at radius 3 is 2.21 bits per heavy atom. The molecule has 4 heteroatoms. The summed E-state index contributed by atoms with van der Waals surface area (Å²) in [5.41, 5.74) is 7.29. The molecule has 0 heterocycles. The highest BCUT2D eigenvalue weighted by Gasteiger charge is 2.18. The monoisotopic (exact) mass is 319 g/mol. The van der Waals surface area contributed by atoms with E-state index in [0.717, 1.165) is 16.3 Å². The fraction of sp³-hybridized carbons (Fsp3) is 0.100. The minimum atomic E-state index is -1.14. The van der Waals surface area contributed by atoms with Crippen LogP contribution in [0.15, 0.2) is 60.7 Å². The first-order chi connectivity index (χ1) is 11.6. The molecule has 0 fully saturated rings. The Balaban J connectivity index is 1.96. The van der Waals surface area contributed by atoms with Crippen LogP contribution in [0.1, 0.15) is 31.8 Å². The average molecular weight is 319 g/mol. The van der Waals surface area contributed by atoms with Crippen LogP contribution in [0.25, 0.3) is 10.8 Å². The number of amides is 1. The van der Waals surface area contributed by atoms with E-state index in [9.17, 15) is 14.7 Å². The first-order valence-electron chi connectivity index (χ1n) is 7.69. The minimum absolute atomic E-state index is 0.0436. The Morgan fingerprint density at radius 2 is 1.46 bits per heavy atom. The van der Waals surface area contributed by atoms with Gasteiger partial charge in [-0.1, -0.05) is 54.6 Å². The lowest BCUT2D eigenvalue weighted by Crippen LogP contribution is -2.19. The number of carboxylic acid groups (broad SMARTS) is 1. The fourth-order valence-electron chi connectivity index (χ4n) is 3.06. The summed E-state index contributed by atoms with van der Waals surface area (Å²) in [6.45, 7) is 0. The van der Waals surface area contributed by atoms with Gasteiger partial charge in [-0.2, -0.15) is 0 Å². The molecule has 0 aliphatic carbocycles. The van der Waals surface area contributed by atoms with Crippen molar-refractivity contribution < 1.29 is 14.7 Å². The molecule has 0 atom stereocenters. The van der Waals surface area contributed by atoms with Crippen molar-refractivity contribution in [3.63, 3.8) is 0 Å². The molecule has 0 unspecified atom stereocenters. The van der Waals surface area contributed by atoms with E-state index in [0.29, 0.717) is 18.4 Å². The van der Waals surface area contributed by atoms with E-state index < -0.39 is 11.9 Å². The molecule has 0 aliphatic heterocycles. The topological polar surface area (TPSA) is 80.4 Å². The molecule has 3 N–H and O–H groups in total. The number of rotatable bonds is 5. The minimum Gasteiger partial charge on any atom is -0.478 e. The predicted molar refractivity (Wildman–Crippen MR) is 93.3 cm³/mol. The van der Waals surface area contributed by atoms with E-state index in [1.165, 1.54) is 6.07 Å². The van der Waals surface area contributed by atoms with Crippen molar-refractivity contribution in [2.45, 2.75) is 12.8 Å². The van der Waals surface area contributed by atoms with Crippen LogP contribution in [0, 0.1) is 0 Å². The van der Waals surface area contributed by atoms with E-state index in [-0.39, 0.29) is 11.1 Å². The number of carbonyl (C=O) groups is 2. The van der Waals surface area contributed by atoms with E-state index >= 15 is 0 Å². The van der Waals surface area contributed by atoms with Crippen LogP contribution in [0.2, 0.25) is 0 Å². The van der Waals surface area contributed by atoms with Gasteiger partial charge >= 0.3 is 5.97 Å². The third kappa shape index (κ3) is 2.99. The average Bonchev–Trinajstić information content (AvgIpc) is 2.59. The molecule has 4 nitrogen and oxygen atoms in total. The molecule has 0 bridgehead atoms. The molecule has 0 aliphatic rings. The zero-order valence-electron chi connectivity index (χ0n) is 13.0. The molecule has 24 heavy (non-hydrogen) atoms. The number of carboxylic acids is 1. The number of carbonyl (C=O) groups excluding carboxylic acids is 1. The molecule has 0 saturated carbocycles. The number of nitrogens with two attached hydrogens (primary N) is 1. The van der Waals surface area contributed by atoms with Crippen molar-refractivity contribution in [1.82, 2.24) is 0 Å². The van der Waals surface area contributed by atoms with Crippen LogP contribution in [0.3, 0.4) is 0 Å². The number of fused-ring (bicyclic) bond motifs is 1. The van der Waals surface area contributed by atoms with Crippen LogP contribution in [0.4, 0.5) is 0 Å². The summed E-state index contributed by atoms with van der Waals surface area (Å²) in [5, 5.41) is 11.6. The first-order valence-corrected chi connectivity index (χ1v) is 7.69. The Kier molecular flexibility index (Phi) is 4.29. The molecule has 3 rings (SSSR count). The van der Waals surface area contributed by atoms with Crippen molar-refractivity contribution in [2.24, 2.45) is 5.73 Å². The normalized spacial score (nSPS) is 10.7. The van der Waals surface area contributed by atoms with Gasteiger partial charge in [0.25, 0.3) is 0 Å². The summed E-state index contributed by atoms with van der Waals surface area (Å²) in [6, 6.07) is 19.0. The Morgan fingerprint density at radius 1 is 0.833 bits per heavy atom. The quantitative estimate of drug-likeness (QED) is 0.756. The Labute approximate surface area is 139 Å². The lowest BCUT2D eigenvalue weighted by Gasteiger charge is -2.11. The van der Waals surface area contributed by atoms with E-state index in [2.05, 4.69) is 18.2 Å². The van der Waals surface area contributed by atoms with Gasteiger partial charge in [0.15, 0.2) is 0 Å². The molecule has 0 spiro atoms. The van der Waals surface area contributed by atoms with E-state index in [1.54, 1.807) is 12.1 Å². The van der Waals surface area contributed by atoms with Gasteiger partial charge in [0.1, 0.15) is 0 Å². The Hall–Kier alpha value is -3.14. The number of hydrogen-bond acceptors (Lipinski definition) is 2. The van der Waals surface area contributed by atoms with Gasteiger partial charge in [-0.25, -0.2) is 4.79 Å². The van der Waals surface area contributed by atoms with Gasteiger partial charge in [0, 0.05) is 0 Å². The number of benzene rings is 3. The predicted octanol–water partition coefficient (Wildman–Crippen LogP) is 3.42. The standard InChI is InChI=1S/C20H17NO3/c21-19(22)18-15(8-4-10-17(18)20(23)24)12-11-14-7-3-6-13-5-1-2-9-16(13)14/h1-10H,11-12H2,(H2,21,22)(H,23,24). The maximum atomic E-state index is 11.7. The SMILES string of the molecule is NC(=O)c1c(CCc2cccc3ccccc23)cccc1C(=O)O. The third-order valence-electron chi connectivity index (χ3n) is 4.17. The molecule has 0 aromatic heterocycles. The number of hydrogen-bond donors (Lipinski definition) is 2. The number of aromatic carboxylic acids is 1. The second-order valence-electron chi connectivity index (χ2n) is 5.65. The molecule has 0 radical (unpaired) electrons. The molecule has 120 valence electrons. The van der Waals surface area contributed by atoms with Crippen molar-refractivity contribution >= 4 is 22.6 Å². The maximum absolute atomic E-state index is 11.7. The lowest BCUT2D eigenvalue weighted by molar-refractivity contribution is 0.0692. The van der Waals surface area contributed by atoms with Crippen molar-refractivity contribution in [1.29, 1.82) is 0 Å². The highest BCUT2D eigenvalue weighted by molar-refractivity contribution is 6.05. The number of primary amides is 1. The first kappa shape index (κ1) is 15.7. The smallest absolute Gasteiger partial charge is 0.336 e. The molecule has 1 amide bonds. The molecule has 3 aromatic rings. The van der Waals surface area contributed by atoms with Gasteiger partial charge in [0.2, 0.25) is 5.91 Å². The van der Waals surface area contributed by atoms with Gasteiger partial charge in [-0.05, 0) is 40.8 Å². The molecular weight excluding hydrogens is 302 g/mol. The van der Waals surface area contributed by atoms with Crippen LogP contribution in [-0.2, 0) is 12.8 Å². The summed E-state index contributed by atoms with van der Waals surface area (Å²) in [5.74, 6) is -1.85. The highest BCUT2D eigenvalue weighted by atomic mass is 16.4. The van der Waals surface area contributed by atoms with Gasteiger partial charge in [0.05, 0.1) is 11.1 Å². The summed E-state index contributed by atoms with van der Waals surface area (Å²) in [4.78, 5) is 23.0. The van der Waals surface area contributed by atoms with Gasteiger partial charge < -0.3 is 10.8 Å². The summed E-state index contributed by atoms with van der Waals surface area (Å²) >= 11 is 0. The molecule has 0 saturated heterocycles. The molecular formula is C20H17NO3. The highest BCUT2D eigenvalue weighted by Crippen LogP contribution is 2.22. The second kappa shape index (κ2) is 6.54. The lowest BCUT2D eigenvalue weighted by atomic mass is 9.93. The fourth-order valence-corrected chi connectivity index (χ4v) is 3.06. The van der Waals surface area contributed by atoms with Gasteiger partial charge in [-0.15, -0.1) is 0 Å². The van der Waals surface area contributed by atoms with E-state index in [1.807, 2.05) is 24.3 Å². The maximum Gasteiger partial charge on any atom is 0.336 e. The van der Waals surface area contributed by atoms with Crippen LogP contribution in [0.5, 0.6) is 0 Å². The summed E-state index contributed by atoms with van der Waals surface area (Å²) in [6.07, 6.45) is 1.25. The van der Waals surface area contributed by atoms with Crippen molar-refractivity contribution in [2.75, 3.05) is 0 Å². The van der Waals surface area contributed by atoms with Crippen molar-refractivity contribution in [3.8, 4) is 0 Å². The zero-order valence-corrected chi connectivity index (χ0v) is 13.0.